The van der Waals surface area contributed by atoms with Crippen LogP contribution in [0.25, 0.3) is 0 Å². The monoisotopic (exact) mass is 328 g/mol. The van der Waals surface area contributed by atoms with E-state index in [0.29, 0.717) is 12.5 Å². The summed E-state index contributed by atoms with van der Waals surface area (Å²) < 4.78 is 7.33. The van der Waals surface area contributed by atoms with Gasteiger partial charge in [0.1, 0.15) is 5.75 Å². The molecule has 128 valence electrons. The summed E-state index contributed by atoms with van der Waals surface area (Å²) >= 11 is 0. The minimum atomic E-state index is -0.0342. The summed E-state index contributed by atoms with van der Waals surface area (Å²) in [4.78, 5) is 13.7. The summed E-state index contributed by atoms with van der Waals surface area (Å²) in [5, 5.41) is 9.49. The van der Waals surface area contributed by atoms with Gasteiger partial charge in [-0.05, 0) is 29.7 Å². The molecule has 1 aromatic carbocycles. The van der Waals surface area contributed by atoms with E-state index in [9.17, 15) is 9.90 Å². The normalized spacial score (nSPS) is 14.5. The molecule has 0 atom stereocenters. The van der Waals surface area contributed by atoms with Gasteiger partial charge in [-0.15, -0.1) is 0 Å². The highest BCUT2D eigenvalue weighted by Gasteiger charge is 2.29. The first kappa shape index (κ1) is 16.6. The third-order valence-electron chi connectivity index (χ3n) is 4.61. The first-order valence-electron chi connectivity index (χ1n) is 8.38. The van der Waals surface area contributed by atoms with E-state index in [4.69, 9.17) is 4.74 Å². The molecule has 3 rings (SSSR count). The summed E-state index contributed by atoms with van der Waals surface area (Å²) in [6.07, 6.45) is 2.64. The number of rotatable bonds is 6. The van der Waals surface area contributed by atoms with Crippen molar-refractivity contribution < 1.29 is 9.84 Å². The van der Waals surface area contributed by atoms with Crippen molar-refractivity contribution in [3.8, 4) is 5.75 Å². The summed E-state index contributed by atoms with van der Waals surface area (Å²) in [6.45, 7) is 4.76. The van der Waals surface area contributed by atoms with E-state index in [0.717, 1.165) is 30.8 Å². The fourth-order valence-corrected chi connectivity index (χ4v) is 3.21. The van der Waals surface area contributed by atoms with E-state index < -0.39 is 0 Å². The zero-order valence-corrected chi connectivity index (χ0v) is 14.2. The minimum absolute atomic E-state index is 0.0342. The number of pyridine rings is 1. The van der Waals surface area contributed by atoms with Gasteiger partial charge in [0.25, 0.3) is 0 Å². The number of aryl methyl sites for hydroxylation is 1. The van der Waals surface area contributed by atoms with Gasteiger partial charge in [-0.1, -0.05) is 19.1 Å². The van der Waals surface area contributed by atoms with Gasteiger partial charge in [-0.3, -0.25) is 4.79 Å². The number of nitrogens with zero attached hydrogens (tertiary/aromatic N) is 2. The Kier molecular flexibility index (Phi) is 4.90. The number of anilines is 1. The first-order valence-corrected chi connectivity index (χ1v) is 8.38. The molecule has 5 nitrogen and oxygen atoms in total. The van der Waals surface area contributed by atoms with Crippen molar-refractivity contribution >= 4 is 5.69 Å². The van der Waals surface area contributed by atoms with E-state index in [1.807, 2.05) is 12.1 Å². The van der Waals surface area contributed by atoms with Crippen molar-refractivity contribution in [3.05, 3.63) is 58.0 Å². The molecule has 2 aromatic rings. The fourth-order valence-electron chi connectivity index (χ4n) is 3.21. The van der Waals surface area contributed by atoms with Gasteiger partial charge in [-0.25, -0.2) is 0 Å². The fraction of sp³-hybridized carbons (Fsp3) is 0.421. The molecule has 1 fully saturated rings. The number of aliphatic hydroxyl groups is 1. The number of aromatic nitrogens is 1. The molecule has 0 radical (unpaired) electrons. The minimum Gasteiger partial charge on any atom is -0.492 e. The molecule has 5 heteroatoms. The van der Waals surface area contributed by atoms with Crippen LogP contribution in [0.15, 0.2) is 41.3 Å². The zero-order valence-electron chi connectivity index (χ0n) is 14.2. The molecule has 2 heterocycles. The summed E-state index contributed by atoms with van der Waals surface area (Å²) in [6, 6.07) is 9.37. The lowest BCUT2D eigenvalue weighted by molar-refractivity contribution is 0.219. The van der Waals surface area contributed by atoms with Crippen LogP contribution in [0.5, 0.6) is 5.75 Å². The summed E-state index contributed by atoms with van der Waals surface area (Å²) in [5.41, 5.74) is 3.44. The molecule has 1 saturated heterocycles. The average Bonchev–Trinajstić information content (AvgIpc) is 2.56. The lowest BCUT2D eigenvalue weighted by Gasteiger charge is -2.42. The average molecular weight is 328 g/mol. The quantitative estimate of drug-likeness (QED) is 0.881. The van der Waals surface area contributed by atoms with Gasteiger partial charge in [-0.2, -0.15) is 0 Å². The molecule has 0 aliphatic carbocycles. The highest BCUT2D eigenvalue weighted by molar-refractivity contribution is 5.58. The number of hydrogen-bond donors (Lipinski definition) is 1. The molecule has 24 heavy (non-hydrogen) atoms. The maximum Gasteiger partial charge on any atom is 0.250 e. The second-order valence-corrected chi connectivity index (χ2v) is 6.32. The molecule has 0 bridgehead atoms. The Labute approximate surface area is 142 Å². The topological polar surface area (TPSA) is 54.7 Å². The third-order valence-corrected chi connectivity index (χ3v) is 4.61. The molecule has 1 N–H and O–H groups in total. The molecular formula is C19H24N2O3. The van der Waals surface area contributed by atoms with Gasteiger partial charge >= 0.3 is 0 Å². The number of benzene rings is 1. The van der Waals surface area contributed by atoms with Crippen molar-refractivity contribution in [3.63, 3.8) is 0 Å². The lowest BCUT2D eigenvalue weighted by atomic mass is 9.96. The molecule has 0 saturated carbocycles. The molecular weight excluding hydrogens is 304 g/mol. The van der Waals surface area contributed by atoms with E-state index in [2.05, 4.69) is 17.9 Å². The van der Waals surface area contributed by atoms with Gasteiger partial charge in [0, 0.05) is 44.0 Å². The van der Waals surface area contributed by atoms with Crippen LogP contribution in [0.3, 0.4) is 0 Å². The van der Waals surface area contributed by atoms with Crippen molar-refractivity contribution in [2.45, 2.75) is 20.0 Å². The molecule has 1 aliphatic rings. The van der Waals surface area contributed by atoms with E-state index in [1.54, 1.807) is 19.3 Å². The van der Waals surface area contributed by atoms with Crippen LogP contribution in [0.4, 0.5) is 5.69 Å². The molecule has 0 spiro atoms. The van der Waals surface area contributed by atoms with E-state index >= 15 is 0 Å². The van der Waals surface area contributed by atoms with Crippen LogP contribution >= 0.6 is 0 Å². The van der Waals surface area contributed by atoms with Crippen LogP contribution < -0.4 is 15.2 Å². The molecule has 1 aromatic heterocycles. The predicted molar refractivity (Wildman–Crippen MR) is 94.6 cm³/mol. The molecule has 0 amide bonds. The van der Waals surface area contributed by atoms with Crippen LogP contribution in [-0.2, 0) is 20.1 Å². The molecule has 1 aliphatic heterocycles. The Morgan fingerprint density at radius 1 is 1.25 bits per heavy atom. The van der Waals surface area contributed by atoms with Gasteiger partial charge in [0.05, 0.1) is 13.2 Å². The summed E-state index contributed by atoms with van der Waals surface area (Å²) in [7, 11) is 1.72. The zero-order chi connectivity index (χ0) is 17.1. The van der Waals surface area contributed by atoms with E-state index in [-0.39, 0.29) is 12.2 Å². The van der Waals surface area contributed by atoms with Crippen molar-refractivity contribution in [2.24, 2.45) is 13.0 Å². The SMILES string of the molecule is CCc1c(CO)cccc1N1CC(COc2ccc(=O)n(C)c2)C1. The molecule has 0 unspecified atom stereocenters. The first-order chi connectivity index (χ1) is 11.6. The maximum absolute atomic E-state index is 11.4. The van der Waals surface area contributed by atoms with Gasteiger partial charge in [0.2, 0.25) is 5.56 Å². The van der Waals surface area contributed by atoms with Crippen LogP contribution in [-0.4, -0.2) is 29.4 Å². The Hall–Kier alpha value is -2.27. The van der Waals surface area contributed by atoms with Crippen molar-refractivity contribution in [1.29, 1.82) is 0 Å². The number of hydrogen-bond acceptors (Lipinski definition) is 4. The largest absolute Gasteiger partial charge is 0.492 e. The Balaban J connectivity index is 1.58. The van der Waals surface area contributed by atoms with Crippen LogP contribution in [0, 0.1) is 5.92 Å². The van der Waals surface area contributed by atoms with Gasteiger partial charge < -0.3 is 19.3 Å². The van der Waals surface area contributed by atoms with Crippen molar-refractivity contribution in [1.82, 2.24) is 4.57 Å². The lowest BCUT2D eigenvalue weighted by Crippen LogP contribution is -2.49. The van der Waals surface area contributed by atoms with Crippen LogP contribution in [0.2, 0.25) is 0 Å². The highest BCUT2D eigenvalue weighted by Crippen LogP contribution is 2.31. The Bertz CT molecular complexity index is 763. The smallest absolute Gasteiger partial charge is 0.250 e. The van der Waals surface area contributed by atoms with Crippen molar-refractivity contribution in [2.75, 3.05) is 24.6 Å². The van der Waals surface area contributed by atoms with E-state index in [1.165, 1.54) is 21.9 Å². The number of ether oxygens (including phenoxy) is 1. The predicted octanol–water partition coefficient (Wildman–Crippen LogP) is 1.96. The third kappa shape index (κ3) is 3.31. The Morgan fingerprint density at radius 3 is 2.71 bits per heavy atom. The second kappa shape index (κ2) is 7.09. The van der Waals surface area contributed by atoms with Crippen LogP contribution in [0.1, 0.15) is 18.1 Å². The standard InChI is InChI=1S/C19H24N2O3/c1-3-17-15(12-22)5-4-6-18(17)21-9-14(10-21)13-24-16-7-8-19(23)20(2)11-16/h4-8,11,14,22H,3,9-10,12-13H2,1-2H3. The maximum atomic E-state index is 11.4. The summed E-state index contributed by atoms with van der Waals surface area (Å²) in [5.74, 6) is 1.21. The Morgan fingerprint density at radius 2 is 2.04 bits per heavy atom. The second-order valence-electron chi connectivity index (χ2n) is 6.32. The van der Waals surface area contributed by atoms with Gasteiger partial charge in [0.15, 0.2) is 0 Å². The number of aliphatic hydroxyl groups excluding tert-OH is 1. The highest BCUT2D eigenvalue weighted by atomic mass is 16.5.